The molecule has 2 aromatic rings. The third-order valence-electron chi connectivity index (χ3n) is 2.94. The van der Waals surface area contributed by atoms with E-state index >= 15 is 0 Å². The van der Waals surface area contributed by atoms with Crippen molar-refractivity contribution in [2.24, 2.45) is 0 Å². The van der Waals surface area contributed by atoms with E-state index in [-0.39, 0.29) is 16.9 Å². The van der Waals surface area contributed by atoms with Crippen molar-refractivity contribution in [2.45, 2.75) is 5.37 Å². The Labute approximate surface area is 115 Å². The molecule has 0 bridgehead atoms. The third-order valence-corrected chi connectivity index (χ3v) is 4.19. The Bertz CT molecular complexity index is 540. The van der Waals surface area contributed by atoms with Gasteiger partial charge in [0.2, 0.25) is 0 Å². The maximum Gasteiger partial charge on any atom is 0.117 e. The maximum absolute atomic E-state index is 9.51. The highest BCUT2D eigenvalue weighted by Gasteiger charge is 2.24. The smallest absolute Gasteiger partial charge is 0.117 e. The normalized spacial score (nSPS) is 18.7. The number of aromatic hydroxyl groups is 2. The van der Waals surface area contributed by atoms with Crippen LogP contribution in [0.25, 0.3) is 0 Å². The first-order chi connectivity index (χ1) is 9.22. The van der Waals surface area contributed by atoms with Gasteiger partial charge in [0.1, 0.15) is 16.9 Å². The number of nitrogens with one attached hydrogen (secondary N) is 1. The Morgan fingerprint density at radius 1 is 1.05 bits per heavy atom. The van der Waals surface area contributed by atoms with Crippen LogP contribution in [0.5, 0.6) is 11.5 Å². The molecule has 19 heavy (non-hydrogen) atoms. The average Bonchev–Trinajstić information content (AvgIpc) is 2.88. The van der Waals surface area contributed by atoms with E-state index < -0.39 is 0 Å². The van der Waals surface area contributed by atoms with Gasteiger partial charge in [0.25, 0.3) is 0 Å². The molecular weight excluding hydrogens is 260 g/mol. The zero-order valence-corrected chi connectivity index (χ0v) is 11.0. The van der Waals surface area contributed by atoms with Crippen LogP contribution in [0.3, 0.4) is 0 Å². The molecule has 4 nitrogen and oxygen atoms in total. The molecule has 0 saturated carbocycles. The molecule has 0 aromatic heterocycles. The summed E-state index contributed by atoms with van der Waals surface area (Å²) in [5, 5.41) is 22.5. The van der Waals surface area contributed by atoms with Crippen LogP contribution in [0.1, 0.15) is 10.9 Å². The van der Waals surface area contributed by atoms with Crippen molar-refractivity contribution >= 4 is 17.6 Å². The molecule has 3 N–H and O–H groups in total. The Hall–Kier alpha value is -1.85. The van der Waals surface area contributed by atoms with Crippen molar-refractivity contribution in [3.63, 3.8) is 0 Å². The second kappa shape index (κ2) is 5.03. The van der Waals surface area contributed by atoms with Crippen LogP contribution in [-0.4, -0.2) is 16.9 Å². The number of phenolic OH excluding ortho intramolecular Hbond substituents is 2. The summed E-state index contributed by atoms with van der Waals surface area (Å²) in [6, 6.07) is 14.4. The molecule has 1 atom stereocenters. The van der Waals surface area contributed by atoms with Gasteiger partial charge < -0.3 is 14.5 Å². The number of hydrogen-bond donors (Lipinski definition) is 3. The van der Waals surface area contributed by atoms with E-state index in [1.165, 1.54) is 0 Å². The molecule has 1 aliphatic heterocycles. The van der Waals surface area contributed by atoms with Gasteiger partial charge in [-0.1, -0.05) is 18.2 Å². The Kier molecular flexibility index (Phi) is 3.23. The summed E-state index contributed by atoms with van der Waals surface area (Å²) in [7, 11) is 0. The number of rotatable bonds is 2. The van der Waals surface area contributed by atoms with E-state index in [4.69, 9.17) is 0 Å². The highest BCUT2D eigenvalue weighted by Crippen LogP contribution is 2.38. The van der Waals surface area contributed by atoms with Gasteiger partial charge >= 0.3 is 0 Å². The van der Waals surface area contributed by atoms with Crippen LogP contribution in [0, 0.1) is 0 Å². The van der Waals surface area contributed by atoms with Gasteiger partial charge in [-0.2, -0.15) is 0 Å². The van der Waals surface area contributed by atoms with Crippen LogP contribution in [0.4, 0.5) is 5.69 Å². The van der Waals surface area contributed by atoms with E-state index in [9.17, 15) is 10.2 Å². The summed E-state index contributed by atoms with van der Waals surface area (Å²) in [6.45, 7) is 0.689. The van der Waals surface area contributed by atoms with E-state index in [2.05, 4.69) is 9.62 Å². The van der Waals surface area contributed by atoms with Crippen molar-refractivity contribution in [1.29, 1.82) is 0 Å². The van der Waals surface area contributed by atoms with Gasteiger partial charge in [0.05, 0.1) is 12.4 Å². The first-order valence-electron chi connectivity index (χ1n) is 5.98. The monoisotopic (exact) mass is 274 g/mol. The van der Waals surface area contributed by atoms with Gasteiger partial charge in [-0.15, -0.1) is 0 Å². The first kappa shape index (κ1) is 12.2. The number of hydrogen-bond acceptors (Lipinski definition) is 5. The average molecular weight is 274 g/mol. The molecule has 0 amide bonds. The SMILES string of the molecule is Oc1cccc(C2NCN(c3cccc(O)c3)S2)c1. The van der Waals surface area contributed by atoms with E-state index in [1.807, 2.05) is 24.3 Å². The molecule has 1 unspecified atom stereocenters. The molecule has 2 aromatic carbocycles. The fraction of sp³-hybridized carbons (Fsp3) is 0.143. The lowest BCUT2D eigenvalue weighted by Gasteiger charge is -2.16. The largest absolute Gasteiger partial charge is 0.508 e. The molecular formula is C14H14N2O2S. The maximum atomic E-state index is 9.51. The molecule has 1 fully saturated rings. The molecule has 98 valence electrons. The highest BCUT2D eigenvalue weighted by molar-refractivity contribution is 8.01. The fourth-order valence-corrected chi connectivity index (χ4v) is 3.09. The molecule has 5 heteroatoms. The fourth-order valence-electron chi connectivity index (χ4n) is 2.03. The van der Waals surface area contributed by atoms with Crippen molar-refractivity contribution < 1.29 is 10.2 Å². The summed E-state index contributed by atoms with van der Waals surface area (Å²) in [6.07, 6.45) is 0. The second-order valence-corrected chi connectivity index (χ2v) is 5.46. The van der Waals surface area contributed by atoms with E-state index in [1.54, 1.807) is 36.2 Å². The quantitative estimate of drug-likeness (QED) is 0.735. The lowest BCUT2D eigenvalue weighted by Crippen LogP contribution is -2.18. The second-order valence-electron chi connectivity index (χ2n) is 4.34. The predicted octanol–water partition coefficient (Wildman–Crippen LogP) is 2.81. The molecule has 0 spiro atoms. The van der Waals surface area contributed by atoms with Crippen molar-refractivity contribution in [3.05, 3.63) is 54.1 Å². The van der Waals surface area contributed by atoms with Gasteiger partial charge in [-0.25, -0.2) is 0 Å². The molecule has 1 saturated heterocycles. The third kappa shape index (κ3) is 2.62. The zero-order valence-electron chi connectivity index (χ0n) is 10.2. The Morgan fingerprint density at radius 2 is 1.79 bits per heavy atom. The van der Waals surface area contributed by atoms with Gasteiger partial charge in [0.15, 0.2) is 0 Å². The molecule has 0 aliphatic carbocycles. The van der Waals surface area contributed by atoms with Crippen molar-refractivity contribution in [1.82, 2.24) is 5.32 Å². The summed E-state index contributed by atoms with van der Waals surface area (Å²) >= 11 is 1.63. The summed E-state index contributed by atoms with van der Waals surface area (Å²) in [5.41, 5.74) is 1.99. The van der Waals surface area contributed by atoms with E-state index in [0.29, 0.717) is 6.67 Å². The lowest BCUT2D eigenvalue weighted by molar-refractivity contribution is 0.474. The first-order valence-corrected chi connectivity index (χ1v) is 6.82. The summed E-state index contributed by atoms with van der Waals surface area (Å²) in [5.74, 6) is 0.537. The molecule has 3 rings (SSSR count). The number of benzene rings is 2. The summed E-state index contributed by atoms with van der Waals surface area (Å²) in [4.78, 5) is 0. The minimum atomic E-state index is 0.106. The van der Waals surface area contributed by atoms with Crippen molar-refractivity contribution in [2.75, 3.05) is 11.0 Å². The van der Waals surface area contributed by atoms with Crippen LogP contribution in [0.2, 0.25) is 0 Å². The molecule has 1 aliphatic rings. The van der Waals surface area contributed by atoms with Crippen LogP contribution < -0.4 is 9.62 Å². The van der Waals surface area contributed by atoms with Crippen LogP contribution >= 0.6 is 11.9 Å². The standard InChI is InChI=1S/C14H14N2O2S/c17-12-5-1-3-10(7-12)14-15-9-16(19-14)11-4-2-6-13(18)8-11/h1-8,14-15,17-18H,9H2. The number of phenols is 2. The van der Waals surface area contributed by atoms with Gasteiger partial charge in [-0.3, -0.25) is 5.32 Å². The zero-order chi connectivity index (χ0) is 13.2. The topological polar surface area (TPSA) is 55.7 Å². The summed E-state index contributed by atoms with van der Waals surface area (Å²) < 4.78 is 2.08. The predicted molar refractivity (Wildman–Crippen MR) is 77.0 cm³/mol. The minimum absolute atomic E-state index is 0.106. The highest BCUT2D eigenvalue weighted by atomic mass is 32.2. The number of anilines is 1. The molecule has 1 heterocycles. The Balaban J connectivity index is 1.77. The number of nitrogens with zero attached hydrogens (tertiary/aromatic N) is 1. The lowest BCUT2D eigenvalue weighted by atomic mass is 10.2. The van der Waals surface area contributed by atoms with Crippen LogP contribution in [0.15, 0.2) is 48.5 Å². The Morgan fingerprint density at radius 3 is 2.53 bits per heavy atom. The van der Waals surface area contributed by atoms with Gasteiger partial charge in [0, 0.05) is 6.07 Å². The van der Waals surface area contributed by atoms with Crippen LogP contribution in [-0.2, 0) is 0 Å². The minimum Gasteiger partial charge on any atom is -0.508 e. The van der Waals surface area contributed by atoms with Crippen molar-refractivity contribution in [3.8, 4) is 11.5 Å². The van der Waals surface area contributed by atoms with Gasteiger partial charge in [-0.05, 0) is 41.8 Å². The van der Waals surface area contributed by atoms with E-state index in [0.717, 1.165) is 11.3 Å². The molecule has 0 radical (unpaired) electrons.